The minimum atomic E-state index is -0.250. The number of carbonyl (C=O) groups excluding carboxylic acids is 1. The summed E-state index contributed by atoms with van der Waals surface area (Å²) < 4.78 is 1.31. The molecule has 2 amide bonds. The SMILES string of the molecule is CNC(=O)N(S)c1cccc2ccccc12. The summed E-state index contributed by atoms with van der Waals surface area (Å²) in [6, 6.07) is 13.4. The van der Waals surface area contributed by atoms with E-state index in [2.05, 4.69) is 18.1 Å². The Kier molecular flexibility index (Phi) is 3.01. The normalized spacial score (nSPS) is 10.1. The maximum absolute atomic E-state index is 11.5. The first-order valence-electron chi connectivity index (χ1n) is 4.92. The zero-order valence-corrected chi connectivity index (χ0v) is 9.74. The first-order chi connectivity index (χ1) is 7.74. The summed E-state index contributed by atoms with van der Waals surface area (Å²) >= 11 is 4.19. The summed E-state index contributed by atoms with van der Waals surface area (Å²) in [6.45, 7) is 0. The minimum Gasteiger partial charge on any atom is -0.340 e. The molecule has 4 heteroatoms. The molecule has 0 heterocycles. The van der Waals surface area contributed by atoms with Crippen LogP contribution in [0.15, 0.2) is 42.5 Å². The molecule has 0 saturated heterocycles. The van der Waals surface area contributed by atoms with Crippen LogP contribution in [-0.2, 0) is 0 Å². The van der Waals surface area contributed by atoms with Crippen molar-refractivity contribution in [1.29, 1.82) is 0 Å². The lowest BCUT2D eigenvalue weighted by molar-refractivity contribution is 0.252. The van der Waals surface area contributed by atoms with Gasteiger partial charge < -0.3 is 5.32 Å². The number of hydrogen-bond acceptors (Lipinski definition) is 2. The Morgan fingerprint density at radius 1 is 1.19 bits per heavy atom. The van der Waals surface area contributed by atoms with E-state index < -0.39 is 0 Å². The molecule has 0 fully saturated rings. The summed E-state index contributed by atoms with van der Waals surface area (Å²) in [4.78, 5) is 11.5. The number of anilines is 1. The van der Waals surface area contributed by atoms with Crippen LogP contribution in [-0.4, -0.2) is 13.1 Å². The van der Waals surface area contributed by atoms with Gasteiger partial charge in [-0.25, -0.2) is 9.10 Å². The van der Waals surface area contributed by atoms with Gasteiger partial charge in [0.15, 0.2) is 0 Å². The van der Waals surface area contributed by atoms with Crippen LogP contribution in [0.5, 0.6) is 0 Å². The smallest absolute Gasteiger partial charge is 0.331 e. The standard InChI is InChI=1S/C12H12N2OS/c1-13-12(15)14(16)11-8-4-6-9-5-2-3-7-10(9)11/h2-8,16H,1H3,(H,13,15). The van der Waals surface area contributed by atoms with E-state index in [1.807, 2.05) is 42.5 Å². The van der Waals surface area contributed by atoms with Crippen molar-refractivity contribution in [2.24, 2.45) is 0 Å². The van der Waals surface area contributed by atoms with E-state index in [4.69, 9.17) is 0 Å². The number of amides is 2. The first kappa shape index (κ1) is 10.8. The molecule has 0 spiro atoms. The van der Waals surface area contributed by atoms with E-state index in [0.717, 1.165) is 16.5 Å². The van der Waals surface area contributed by atoms with E-state index >= 15 is 0 Å². The van der Waals surface area contributed by atoms with Crippen LogP contribution >= 0.6 is 12.8 Å². The fourth-order valence-corrected chi connectivity index (χ4v) is 1.88. The summed E-state index contributed by atoms with van der Waals surface area (Å²) in [6.07, 6.45) is 0. The molecule has 0 aromatic heterocycles. The van der Waals surface area contributed by atoms with Gasteiger partial charge in [-0.1, -0.05) is 49.2 Å². The summed E-state index contributed by atoms with van der Waals surface area (Å²) in [5.74, 6) is 0. The fourth-order valence-electron chi connectivity index (χ4n) is 1.61. The highest BCUT2D eigenvalue weighted by molar-refractivity contribution is 7.82. The fraction of sp³-hybridized carbons (Fsp3) is 0.0833. The van der Waals surface area contributed by atoms with Crippen LogP contribution in [0.1, 0.15) is 0 Å². The second-order valence-electron chi connectivity index (χ2n) is 3.37. The number of hydrogen-bond donors (Lipinski definition) is 2. The molecule has 2 aromatic rings. The van der Waals surface area contributed by atoms with Crippen molar-refractivity contribution in [2.45, 2.75) is 0 Å². The molecule has 82 valence electrons. The molecule has 0 unspecified atom stereocenters. The van der Waals surface area contributed by atoms with Crippen LogP contribution in [0.25, 0.3) is 10.8 Å². The molecule has 0 aliphatic heterocycles. The number of urea groups is 1. The topological polar surface area (TPSA) is 32.3 Å². The van der Waals surface area contributed by atoms with Gasteiger partial charge in [0, 0.05) is 12.4 Å². The van der Waals surface area contributed by atoms with E-state index in [1.54, 1.807) is 7.05 Å². The number of carbonyl (C=O) groups is 1. The van der Waals surface area contributed by atoms with Crippen molar-refractivity contribution in [1.82, 2.24) is 5.32 Å². The molecule has 3 nitrogen and oxygen atoms in total. The van der Waals surface area contributed by atoms with Crippen LogP contribution in [0.2, 0.25) is 0 Å². The van der Waals surface area contributed by atoms with E-state index in [0.29, 0.717) is 0 Å². The van der Waals surface area contributed by atoms with Gasteiger partial charge in [0.1, 0.15) is 0 Å². The Morgan fingerprint density at radius 3 is 2.62 bits per heavy atom. The minimum absolute atomic E-state index is 0.250. The Morgan fingerprint density at radius 2 is 1.88 bits per heavy atom. The van der Waals surface area contributed by atoms with Crippen molar-refractivity contribution >= 4 is 35.3 Å². The maximum Gasteiger partial charge on any atom is 0.331 e. The average molecular weight is 232 g/mol. The van der Waals surface area contributed by atoms with Crippen molar-refractivity contribution < 1.29 is 4.79 Å². The quantitative estimate of drug-likeness (QED) is 0.728. The van der Waals surface area contributed by atoms with Crippen LogP contribution < -0.4 is 9.62 Å². The number of fused-ring (bicyclic) bond motifs is 1. The van der Waals surface area contributed by atoms with Crippen LogP contribution in [0.4, 0.5) is 10.5 Å². The maximum atomic E-state index is 11.5. The highest BCUT2D eigenvalue weighted by Crippen LogP contribution is 2.27. The van der Waals surface area contributed by atoms with Gasteiger partial charge in [0.2, 0.25) is 0 Å². The zero-order valence-electron chi connectivity index (χ0n) is 8.84. The number of nitrogens with one attached hydrogen (secondary N) is 1. The van der Waals surface area contributed by atoms with Crippen LogP contribution in [0, 0.1) is 0 Å². The predicted molar refractivity (Wildman–Crippen MR) is 69.9 cm³/mol. The largest absolute Gasteiger partial charge is 0.340 e. The van der Waals surface area contributed by atoms with Crippen molar-refractivity contribution in [3.8, 4) is 0 Å². The predicted octanol–water partition coefficient (Wildman–Crippen LogP) is 2.83. The summed E-state index contributed by atoms with van der Waals surface area (Å²) in [7, 11) is 1.58. The van der Waals surface area contributed by atoms with Gasteiger partial charge in [-0.15, -0.1) is 0 Å². The Labute approximate surface area is 99.6 Å². The summed E-state index contributed by atoms with van der Waals surface area (Å²) in [5.41, 5.74) is 0.779. The molecule has 2 aromatic carbocycles. The highest BCUT2D eigenvalue weighted by atomic mass is 32.1. The van der Waals surface area contributed by atoms with Crippen molar-refractivity contribution in [2.75, 3.05) is 11.4 Å². The van der Waals surface area contributed by atoms with Gasteiger partial charge in [-0.3, -0.25) is 0 Å². The first-order valence-corrected chi connectivity index (χ1v) is 5.32. The second kappa shape index (κ2) is 4.45. The van der Waals surface area contributed by atoms with Crippen molar-refractivity contribution in [3.05, 3.63) is 42.5 Å². The lowest BCUT2D eigenvalue weighted by Gasteiger charge is -2.16. The molecule has 16 heavy (non-hydrogen) atoms. The molecule has 0 saturated carbocycles. The zero-order chi connectivity index (χ0) is 11.5. The lowest BCUT2D eigenvalue weighted by Crippen LogP contribution is -2.30. The van der Waals surface area contributed by atoms with Crippen LogP contribution in [0.3, 0.4) is 0 Å². The van der Waals surface area contributed by atoms with Crippen molar-refractivity contribution in [3.63, 3.8) is 0 Å². The molecule has 0 aliphatic rings. The van der Waals surface area contributed by atoms with Gasteiger partial charge in [-0.05, 0) is 11.5 Å². The Bertz CT molecular complexity index is 522. The number of thiol groups is 1. The molecule has 0 aliphatic carbocycles. The third kappa shape index (κ3) is 1.84. The van der Waals surface area contributed by atoms with E-state index in [1.165, 1.54) is 4.31 Å². The second-order valence-corrected chi connectivity index (χ2v) is 3.77. The number of rotatable bonds is 1. The van der Waals surface area contributed by atoms with Gasteiger partial charge in [-0.2, -0.15) is 0 Å². The molecule has 0 radical (unpaired) electrons. The molecule has 2 rings (SSSR count). The molecule has 0 bridgehead atoms. The number of nitrogens with zero attached hydrogens (tertiary/aromatic N) is 1. The Hall–Kier alpha value is -1.68. The van der Waals surface area contributed by atoms with Gasteiger partial charge >= 0.3 is 6.03 Å². The molecular formula is C12H12N2OS. The third-order valence-electron chi connectivity index (χ3n) is 2.40. The van der Waals surface area contributed by atoms with E-state index in [-0.39, 0.29) is 6.03 Å². The molecular weight excluding hydrogens is 220 g/mol. The highest BCUT2D eigenvalue weighted by Gasteiger charge is 2.12. The lowest BCUT2D eigenvalue weighted by atomic mass is 10.1. The Balaban J connectivity index is 2.56. The monoisotopic (exact) mass is 232 g/mol. The van der Waals surface area contributed by atoms with E-state index in [9.17, 15) is 4.79 Å². The van der Waals surface area contributed by atoms with Gasteiger partial charge in [0.25, 0.3) is 0 Å². The van der Waals surface area contributed by atoms with Gasteiger partial charge in [0.05, 0.1) is 5.69 Å². The molecule has 1 N–H and O–H groups in total. The summed E-state index contributed by atoms with van der Waals surface area (Å²) in [5, 5.41) is 4.63. The third-order valence-corrected chi connectivity index (χ3v) is 2.80. The average Bonchev–Trinajstić information content (AvgIpc) is 2.36. The molecule has 0 atom stereocenters. The number of benzene rings is 2.